The Morgan fingerprint density at radius 1 is 1.71 bits per heavy atom. The minimum atomic E-state index is -1.46. The molecule has 0 aliphatic heterocycles. The summed E-state index contributed by atoms with van der Waals surface area (Å²) >= 11 is 6.80. The van der Waals surface area contributed by atoms with Gasteiger partial charge in [0.25, 0.3) is 0 Å². The molecular weight excluding hydrogens is 226 g/mol. The summed E-state index contributed by atoms with van der Waals surface area (Å²) in [5.74, 6) is -1.25. The quantitative estimate of drug-likeness (QED) is 0.834. The van der Waals surface area contributed by atoms with E-state index in [1.807, 2.05) is 0 Å². The minimum Gasteiger partial charge on any atom is -0.479 e. The third-order valence-electron chi connectivity index (χ3n) is 2.03. The number of hydrogen-bond donors (Lipinski definition) is 2. The first-order valence-corrected chi connectivity index (χ1v) is 5.08. The maximum absolute atomic E-state index is 10.6. The number of aromatic nitrogens is 1. The molecule has 0 aliphatic rings. The molecule has 0 fully saturated rings. The van der Waals surface area contributed by atoms with Gasteiger partial charge in [0.15, 0.2) is 10.6 Å². The molecule has 14 heavy (non-hydrogen) atoms. The highest BCUT2D eigenvalue weighted by molar-refractivity contribution is 7.15. The second-order valence-electron chi connectivity index (χ2n) is 3.44. The molecule has 1 atom stereocenters. The van der Waals surface area contributed by atoms with Crippen molar-refractivity contribution in [3.8, 4) is 0 Å². The molecule has 0 amide bonds. The summed E-state index contributed by atoms with van der Waals surface area (Å²) < 4.78 is 0.339. The van der Waals surface area contributed by atoms with Gasteiger partial charge >= 0.3 is 5.97 Å². The molecule has 1 aromatic heterocycles. The first kappa shape index (κ1) is 11.4. The zero-order valence-electron chi connectivity index (χ0n) is 7.69. The van der Waals surface area contributed by atoms with Crippen LogP contribution in [0.15, 0.2) is 6.20 Å². The number of hydrogen-bond acceptors (Lipinski definition) is 4. The van der Waals surface area contributed by atoms with Gasteiger partial charge in [-0.1, -0.05) is 25.4 Å². The number of aliphatic hydroxyl groups is 1. The number of thiazole rings is 1. The fourth-order valence-electron chi connectivity index (χ4n) is 0.994. The van der Waals surface area contributed by atoms with Crippen molar-refractivity contribution in [2.24, 2.45) is 0 Å². The first-order valence-electron chi connectivity index (χ1n) is 3.88. The van der Waals surface area contributed by atoms with E-state index in [2.05, 4.69) is 4.98 Å². The van der Waals surface area contributed by atoms with Crippen molar-refractivity contribution in [2.45, 2.75) is 25.4 Å². The molecule has 4 nitrogen and oxygen atoms in total. The van der Waals surface area contributed by atoms with Gasteiger partial charge in [-0.2, -0.15) is 0 Å². The second kappa shape index (κ2) is 3.84. The van der Waals surface area contributed by atoms with Crippen molar-refractivity contribution in [2.75, 3.05) is 0 Å². The number of halogens is 1. The Labute approximate surface area is 90.2 Å². The van der Waals surface area contributed by atoms with E-state index in [4.69, 9.17) is 16.7 Å². The number of nitrogens with zero attached hydrogens (tertiary/aromatic N) is 1. The van der Waals surface area contributed by atoms with Gasteiger partial charge in [-0.05, 0) is 0 Å². The van der Waals surface area contributed by atoms with Gasteiger partial charge in [-0.3, -0.25) is 0 Å². The number of aliphatic hydroxyl groups excluding tert-OH is 1. The average Bonchev–Trinajstić information content (AvgIpc) is 2.50. The zero-order valence-corrected chi connectivity index (χ0v) is 9.26. The van der Waals surface area contributed by atoms with Crippen LogP contribution in [-0.2, 0) is 10.2 Å². The van der Waals surface area contributed by atoms with Crippen LogP contribution in [0.5, 0.6) is 0 Å². The third-order valence-corrected chi connectivity index (χ3v) is 3.48. The smallest absolute Gasteiger partial charge is 0.333 e. The molecule has 0 saturated carbocycles. The average molecular weight is 236 g/mol. The summed E-state index contributed by atoms with van der Waals surface area (Å²) in [6.45, 7) is 3.27. The Morgan fingerprint density at radius 2 is 2.29 bits per heavy atom. The first-order chi connectivity index (χ1) is 6.35. The van der Waals surface area contributed by atoms with Crippen molar-refractivity contribution < 1.29 is 15.0 Å². The lowest BCUT2D eigenvalue weighted by Gasteiger charge is -2.25. The molecule has 0 bridgehead atoms. The fraction of sp³-hybridized carbons (Fsp3) is 0.500. The van der Waals surface area contributed by atoms with E-state index in [0.29, 0.717) is 9.34 Å². The van der Waals surface area contributed by atoms with E-state index >= 15 is 0 Å². The number of carboxylic acids is 1. The molecule has 1 unspecified atom stereocenters. The molecule has 0 aromatic carbocycles. The van der Waals surface area contributed by atoms with Crippen molar-refractivity contribution in [3.63, 3.8) is 0 Å². The summed E-state index contributed by atoms with van der Waals surface area (Å²) in [5, 5.41) is 18.1. The van der Waals surface area contributed by atoms with Crippen molar-refractivity contribution in [3.05, 3.63) is 15.5 Å². The van der Waals surface area contributed by atoms with E-state index in [9.17, 15) is 9.90 Å². The van der Waals surface area contributed by atoms with Gasteiger partial charge in [0.2, 0.25) is 0 Å². The third kappa shape index (κ3) is 2.05. The molecule has 6 heteroatoms. The van der Waals surface area contributed by atoms with E-state index in [0.717, 1.165) is 0 Å². The molecule has 0 aliphatic carbocycles. The fourth-order valence-corrected chi connectivity index (χ4v) is 2.06. The van der Waals surface area contributed by atoms with Crippen LogP contribution in [0.1, 0.15) is 18.7 Å². The highest BCUT2D eigenvalue weighted by atomic mass is 35.5. The van der Waals surface area contributed by atoms with Crippen LogP contribution in [0, 0.1) is 0 Å². The lowest BCUT2D eigenvalue weighted by Crippen LogP contribution is -2.39. The van der Waals surface area contributed by atoms with Gasteiger partial charge in [0, 0.05) is 16.5 Å². The topological polar surface area (TPSA) is 70.4 Å². The monoisotopic (exact) mass is 235 g/mol. The number of aliphatic carboxylic acids is 1. The largest absolute Gasteiger partial charge is 0.479 e. The standard InChI is InChI=1S/C8H10ClNO3S/c1-8(2,5(11)6(12)13)4-3-10-7(9)14-4/h3,5,11H,1-2H3,(H,12,13). The minimum absolute atomic E-state index is 0.339. The van der Waals surface area contributed by atoms with Crippen molar-refractivity contribution in [1.29, 1.82) is 0 Å². The van der Waals surface area contributed by atoms with Crippen LogP contribution in [0.3, 0.4) is 0 Å². The maximum atomic E-state index is 10.6. The summed E-state index contributed by atoms with van der Waals surface area (Å²) in [6.07, 6.45) is 0.0260. The van der Waals surface area contributed by atoms with Crippen molar-refractivity contribution >= 4 is 28.9 Å². The van der Waals surface area contributed by atoms with E-state index < -0.39 is 17.5 Å². The molecule has 0 spiro atoms. The van der Waals surface area contributed by atoms with E-state index in [1.165, 1.54) is 17.5 Å². The molecule has 1 aromatic rings. The highest BCUT2D eigenvalue weighted by Gasteiger charge is 2.36. The molecule has 0 radical (unpaired) electrons. The summed E-state index contributed by atoms with van der Waals surface area (Å²) in [6, 6.07) is 0. The summed E-state index contributed by atoms with van der Waals surface area (Å²) in [4.78, 5) is 15.1. The molecule has 1 rings (SSSR count). The van der Waals surface area contributed by atoms with E-state index in [1.54, 1.807) is 13.8 Å². The molecule has 78 valence electrons. The predicted molar refractivity (Wildman–Crippen MR) is 53.8 cm³/mol. The van der Waals surface area contributed by atoms with Crippen LogP contribution in [0.4, 0.5) is 0 Å². The molecule has 0 saturated heterocycles. The van der Waals surface area contributed by atoms with Gasteiger partial charge in [-0.15, -0.1) is 11.3 Å². The lowest BCUT2D eigenvalue weighted by molar-refractivity contribution is -0.150. The Bertz CT molecular complexity index is 350. The Kier molecular flexibility index (Phi) is 3.14. The van der Waals surface area contributed by atoms with Crippen LogP contribution >= 0.6 is 22.9 Å². The predicted octanol–water partition coefficient (Wildman–Crippen LogP) is 1.52. The Morgan fingerprint density at radius 3 is 2.64 bits per heavy atom. The number of carboxylic acid groups (broad SMARTS) is 1. The van der Waals surface area contributed by atoms with Crippen LogP contribution in [0.2, 0.25) is 4.47 Å². The normalized spacial score (nSPS) is 14.0. The molecular formula is C8H10ClNO3S. The zero-order chi connectivity index (χ0) is 10.9. The van der Waals surface area contributed by atoms with Gasteiger partial charge in [-0.25, -0.2) is 9.78 Å². The maximum Gasteiger partial charge on any atom is 0.333 e. The van der Waals surface area contributed by atoms with E-state index in [-0.39, 0.29) is 0 Å². The lowest BCUT2D eigenvalue weighted by atomic mass is 9.85. The van der Waals surface area contributed by atoms with Crippen LogP contribution in [-0.4, -0.2) is 27.3 Å². The Hall–Kier alpha value is -0.650. The van der Waals surface area contributed by atoms with Crippen molar-refractivity contribution in [1.82, 2.24) is 4.98 Å². The second-order valence-corrected chi connectivity index (χ2v) is 5.05. The summed E-state index contributed by atoms with van der Waals surface area (Å²) in [5.41, 5.74) is -0.878. The Balaban J connectivity index is 3.01. The molecule has 2 N–H and O–H groups in total. The van der Waals surface area contributed by atoms with Crippen LogP contribution in [0.25, 0.3) is 0 Å². The molecule has 1 heterocycles. The van der Waals surface area contributed by atoms with Gasteiger partial charge in [0.05, 0.1) is 0 Å². The highest BCUT2D eigenvalue weighted by Crippen LogP contribution is 2.33. The number of rotatable bonds is 3. The summed E-state index contributed by atoms with van der Waals surface area (Å²) in [7, 11) is 0. The van der Waals surface area contributed by atoms with Gasteiger partial charge in [0.1, 0.15) is 0 Å². The SMILES string of the molecule is CC(C)(c1cnc(Cl)s1)C(O)C(=O)O. The number of carbonyl (C=O) groups is 1. The van der Waals surface area contributed by atoms with Gasteiger partial charge < -0.3 is 10.2 Å². The van der Waals surface area contributed by atoms with Crippen LogP contribution < -0.4 is 0 Å².